The second kappa shape index (κ2) is 6.18. The van der Waals surface area contributed by atoms with E-state index in [1.807, 2.05) is 30.3 Å². The maximum Gasteiger partial charge on any atom is 0.282 e. The van der Waals surface area contributed by atoms with Gasteiger partial charge in [0, 0.05) is 11.1 Å². The lowest BCUT2D eigenvalue weighted by Crippen LogP contribution is -2.98. The molecule has 4 aliphatic rings. The fourth-order valence-corrected chi connectivity index (χ4v) is 6.24. The molecule has 3 nitrogen and oxygen atoms in total. The topological polar surface area (TPSA) is 45.7 Å². The van der Waals surface area contributed by atoms with Crippen molar-refractivity contribution in [2.24, 2.45) is 23.2 Å². The molecule has 3 heteroatoms. The Morgan fingerprint density at radius 3 is 2.12 bits per heavy atom. The molecule has 0 saturated heterocycles. The van der Waals surface area contributed by atoms with E-state index in [1.165, 1.54) is 38.5 Å². The number of nitrogens with two attached hydrogens (primary N) is 1. The molecule has 4 aliphatic carbocycles. The van der Waals surface area contributed by atoms with Crippen LogP contribution in [0.3, 0.4) is 0 Å². The first kappa shape index (κ1) is 16.1. The van der Waals surface area contributed by atoms with Gasteiger partial charge in [0.2, 0.25) is 0 Å². The Bertz CT molecular complexity index is 562. The molecule has 24 heavy (non-hydrogen) atoms. The molecule has 130 valence electrons. The van der Waals surface area contributed by atoms with E-state index in [1.54, 1.807) is 0 Å². The van der Waals surface area contributed by atoms with Crippen molar-refractivity contribution in [2.75, 3.05) is 5.32 Å². The monoisotopic (exact) mass is 327 g/mol. The smallest absolute Gasteiger partial charge is 0.282 e. The third-order valence-corrected chi connectivity index (χ3v) is 7.08. The van der Waals surface area contributed by atoms with Crippen LogP contribution in [-0.4, -0.2) is 18.0 Å². The molecule has 4 bridgehead atoms. The van der Waals surface area contributed by atoms with E-state index >= 15 is 0 Å². The lowest BCUT2D eigenvalue weighted by Gasteiger charge is -2.58. The lowest BCUT2D eigenvalue weighted by molar-refractivity contribution is -0.718. The minimum absolute atomic E-state index is 0.0341. The zero-order chi connectivity index (χ0) is 16.7. The summed E-state index contributed by atoms with van der Waals surface area (Å²) < 4.78 is 0. The molecule has 0 spiro atoms. The Hall–Kier alpha value is -1.35. The number of rotatable bonds is 5. The zero-order valence-corrected chi connectivity index (χ0v) is 15.0. The molecular formula is C21H31N2O+. The average molecular weight is 327 g/mol. The highest BCUT2D eigenvalue weighted by molar-refractivity contribution is 5.93. The van der Waals surface area contributed by atoms with Crippen LogP contribution in [0.25, 0.3) is 0 Å². The van der Waals surface area contributed by atoms with Crippen LogP contribution in [0.2, 0.25) is 0 Å². The number of hydrogen-bond donors (Lipinski definition) is 2. The van der Waals surface area contributed by atoms with Gasteiger partial charge < -0.3 is 10.6 Å². The van der Waals surface area contributed by atoms with Crippen molar-refractivity contribution in [3.8, 4) is 0 Å². The van der Waals surface area contributed by atoms with Crippen LogP contribution in [0.15, 0.2) is 30.3 Å². The Kier molecular flexibility index (Phi) is 4.16. The van der Waals surface area contributed by atoms with Crippen molar-refractivity contribution < 1.29 is 10.1 Å². The molecule has 0 radical (unpaired) electrons. The number of para-hydroxylation sites is 1. The number of quaternary nitrogens is 1. The van der Waals surface area contributed by atoms with Crippen LogP contribution in [0.5, 0.6) is 0 Å². The number of carbonyl (C=O) groups excluding carboxylic acids is 1. The summed E-state index contributed by atoms with van der Waals surface area (Å²) in [7, 11) is 0. The highest BCUT2D eigenvalue weighted by Crippen LogP contribution is 2.60. The zero-order valence-electron chi connectivity index (χ0n) is 15.0. The third-order valence-electron chi connectivity index (χ3n) is 7.08. The number of nitrogens with one attached hydrogen (secondary N) is 1. The summed E-state index contributed by atoms with van der Waals surface area (Å²) in [5.74, 6) is 3.04. The maximum absolute atomic E-state index is 12.5. The molecule has 2 atom stereocenters. The van der Waals surface area contributed by atoms with E-state index in [4.69, 9.17) is 0 Å². The van der Waals surface area contributed by atoms with Crippen molar-refractivity contribution >= 4 is 11.6 Å². The van der Waals surface area contributed by atoms with E-state index in [2.05, 4.69) is 24.5 Å². The van der Waals surface area contributed by atoms with E-state index < -0.39 is 0 Å². The van der Waals surface area contributed by atoms with Crippen LogP contribution < -0.4 is 10.6 Å². The fourth-order valence-electron chi connectivity index (χ4n) is 6.24. The van der Waals surface area contributed by atoms with Crippen LogP contribution >= 0.6 is 0 Å². The summed E-state index contributed by atoms with van der Waals surface area (Å²) in [5.41, 5.74) is 1.39. The van der Waals surface area contributed by atoms with E-state index in [-0.39, 0.29) is 11.9 Å². The van der Waals surface area contributed by atoms with Crippen LogP contribution in [-0.2, 0) is 4.79 Å². The summed E-state index contributed by atoms with van der Waals surface area (Å²) in [6.45, 7) is 4.43. The Morgan fingerprint density at radius 2 is 1.58 bits per heavy atom. The maximum atomic E-state index is 12.5. The SMILES string of the molecule is C[C@@H]([NH2+][C@H](C)C12CC3CC(CC(C3)C1)C2)C(=O)Nc1ccccc1. The van der Waals surface area contributed by atoms with Crippen molar-refractivity contribution in [1.29, 1.82) is 0 Å². The van der Waals surface area contributed by atoms with Gasteiger partial charge in [0.15, 0.2) is 6.04 Å². The molecule has 0 unspecified atom stereocenters. The molecule has 1 aromatic carbocycles. The number of carbonyl (C=O) groups is 1. The molecule has 0 aliphatic heterocycles. The summed E-state index contributed by atoms with van der Waals surface area (Å²) in [4.78, 5) is 12.5. The molecule has 5 rings (SSSR count). The predicted octanol–water partition coefficient (Wildman–Crippen LogP) is 3.18. The standard InChI is InChI=1S/C21H30N2O/c1-14(20(24)23-19-6-4-3-5-7-19)22-15(2)21-11-16-8-17(12-21)10-18(9-16)13-21/h3-7,14-18,22H,8-13H2,1-2H3,(H,23,24)/p+1/t14-,15-,16?,17?,18?,21?/m1/s1. The Morgan fingerprint density at radius 1 is 1.04 bits per heavy atom. The van der Waals surface area contributed by atoms with Gasteiger partial charge in [-0.1, -0.05) is 18.2 Å². The number of anilines is 1. The predicted molar refractivity (Wildman–Crippen MR) is 96.5 cm³/mol. The third kappa shape index (κ3) is 2.99. The fraction of sp³-hybridized carbons (Fsp3) is 0.667. The molecule has 4 saturated carbocycles. The molecule has 0 aromatic heterocycles. The molecular weight excluding hydrogens is 296 g/mol. The van der Waals surface area contributed by atoms with Gasteiger partial charge in [-0.2, -0.15) is 0 Å². The first-order valence-corrected chi connectivity index (χ1v) is 9.75. The normalized spacial score (nSPS) is 36.3. The van der Waals surface area contributed by atoms with Gasteiger partial charge >= 0.3 is 0 Å². The van der Waals surface area contributed by atoms with Crippen molar-refractivity contribution in [2.45, 2.75) is 64.5 Å². The summed E-state index contributed by atoms with van der Waals surface area (Å²) in [5, 5.41) is 5.39. The number of benzene rings is 1. The largest absolute Gasteiger partial charge is 0.334 e. The first-order valence-electron chi connectivity index (χ1n) is 9.75. The van der Waals surface area contributed by atoms with E-state index in [0.29, 0.717) is 11.5 Å². The molecule has 1 amide bonds. The first-order chi connectivity index (χ1) is 11.5. The van der Waals surface area contributed by atoms with Crippen molar-refractivity contribution in [3.63, 3.8) is 0 Å². The van der Waals surface area contributed by atoms with Crippen LogP contribution in [0, 0.1) is 23.2 Å². The summed E-state index contributed by atoms with van der Waals surface area (Å²) >= 11 is 0. The second-order valence-electron chi connectivity index (χ2n) is 8.91. The number of amides is 1. The van der Waals surface area contributed by atoms with Crippen LogP contribution in [0.4, 0.5) is 5.69 Å². The lowest BCUT2D eigenvalue weighted by atomic mass is 9.48. The van der Waals surface area contributed by atoms with E-state index in [0.717, 1.165) is 23.4 Å². The molecule has 0 heterocycles. The molecule has 4 fully saturated rings. The number of hydrogen-bond acceptors (Lipinski definition) is 1. The Balaban J connectivity index is 1.38. The molecule has 3 N–H and O–H groups in total. The van der Waals surface area contributed by atoms with Gasteiger partial charge in [-0.3, -0.25) is 4.79 Å². The minimum atomic E-state index is -0.0341. The summed E-state index contributed by atoms with van der Waals surface area (Å²) in [6.07, 6.45) is 8.67. The van der Waals surface area contributed by atoms with Gasteiger partial charge in [0.1, 0.15) is 0 Å². The van der Waals surface area contributed by atoms with E-state index in [9.17, 15) is 4.79 Å². The van der Waals surface area contributed by atoms with Gasteiger partial charge in [-0.15, -0.1) is 0 Å². The highest BCUT2D eigenvalue weighted by atomic mass is 16.2. The summed E-state index contributed by atoms with van der Waals surface area (Å²) in [6, 6.07) is 10.3. The Labute approximate surface area is 145 Å². The quantitative estimate of drug-likeness (QED) is 0.857. The minimum Gasteiger partial charge on any atom is -0.334 e. The second-order valence-corrected chi connectivity index (χ2v) is 8.91. The van der Waals surface area contributed by atoms with Gasteiger partial charge in [-0.25, -0.2) is 0 Å². The molecule has 1 aromatic rings. The van der Waals surface area contributed by atoms with Crippen LogP contribution in [0.1, 0.15) is 52.4 Å². The van der Waals surface area contributed by atoms with Gasteiger partial charge in [-0.05, 0) is 82.3 Å². The van der Waals surface area contributed by atoms with Gasteiger partial charge in [0.25, 0.3) is 5.91 Å². The van der Waals surface area contributed by atoms with Gasteiger partial charge in [0.05, 0.1) is 6.04 Å². The van der Waals surface area contributed by atoms with Crippen molar-refractivity contribution in [3.05, 3.63) is 30.3 Å². The highest BCUT2D eigenvalue weighted by Gasteiger charge is 2.54. The van der Waals surface area contributed by atoms with Crippen molar-refractivity contribution in [1.82, 2.24) is 0 Å². The average Bonchev–Trinajstić information content (AvgIpc) is 2.54.